The number of rotatable bonds is 12. The van der Waals surface area contributed by atoms with Crippen LogP contribution in [0, 0.1) is 5.82 Å². The summed E-state index contributed by atoms with van der Waals surface area (Å²) in [4.78, 5) is 54.1. The van der Waals surface area contributed by atoms with Gasteiger partial charge < -0.3 is 29.3 Å². The highest BCUT2D eigenvalue weighted by Crippen LogP contribution is 2.34. The minimum atomic E-state index is -4.39. The number of nitrogens with one attached hydrogen (secondary N) is 1. The van der Waals surface area contributed by atoms with Crippen molar-refractivity contribution in [3.8, 4) is 11.1 Å². The van der Waals surface area contributed by atoms with Gasteiger partial charge in [0.15, 0.2) is 0 Å². The molecule has 2 aromatic carbocycles. The zero-order chi connectivity index (χ0) is 27.6. The lowest BCUT2D eigenvalue weighted by atomic mass is 9.99. The first-order valence-corrected chi connectivity index (χ1v) is 13.4. The molecule has 0 saturated heterocycles. The molecule has 202 valence electrons. The molecule has 37 heavy (non-hydrogen) atoms. The summed E-state index contributed by atoms with van der Waals surface area (Å²) in [6, 6.07) is 10.0. The molecule has 1 unspecified atom stereocenters. The van der Waals surface area contributed by atoms with E-state index >= 15 is 0 Å². The molecule has 2 rings (SSSR count). The molecule has 0 aliphatic heterocycles. The summed E-state index contributed by atoms with van der Waals surface area (Å²) in [5.41, 5.74) is 1.55. The van der Waals surface area contributed by atoms with E-state index in [0.29, 0.717) is 21.7 Å². The van der Waals surface area contributed by atoms with E-state index in [1.54, 1.807) is 31.2 Å². The summed E-state index contributed by atoms with van der Waals surface area (Å²) in [5, 5.41) is 2.95. The molecule has 13 heteroatoms. The van der Waals surface area contributed by atoms with E-state index < -0.39 is 56.4 Å². The van der Waals surface area contributed by atoms with Gasteiger partial charge in [0.2, 0.25) is 12.2 Å². The normalized spacial score (nSPS) is 12.8. The largest absolute Gasteiger partial charge is 0.511 e. The smallest absolute Gasteiger partial charge is 0.435 e. The lowest BCUT2D eigenvalue weighted by Gasteiger charge is -2.20. The molecule has 0 aromatic heterocycles. The zero-order valence-corrected chi connectivity index (χ0v) is 21.8. The van der Waals surface area contributed by atoms with Gasteiger partial charge in [-0.1, -0.05) is 35.9 Å². The van der Waals surface area contributed by atoms with E-state index in [4.69, 9.17) is 30.9 Å². The van der Waals surface area contributed by atoms with Gasteiger partial charge in [0, 0.05) is 30.0 Å². The first-order valence-electron chi connectivity index (χ1n) is 11.3. The maximum absolute atomic E-state index is 14.2. The summed E-state index contributed by atoms with van der Waals surface area (Å²) < 4.78 is 39.7. The number of esters is 1. The van der Waals surface area contributed by atoms with Crippen molar-refractivity contribution in [2.75, 3.05) is 12.8 Å². The Balaban J connectivity index is 2.11. The van der Waals surface area contributed by atoms with Crippen molar-refractivity contribution in [2.45, 2.75) is 45.4 Å². The summed E-state index contributed by atoms with van der Waals surface area (Å²) >= 11 is 5.96. The summed E-state index contributed by atoms with van der Waals surface area (Å²) in [5.74, 6) is -1.92. The lowest BCUT2D eigenvalue weighted by molar-refractivity contribution is -0.168. The van der Waals surface area contributed by atoms with Gasteiger partial charge in [0.05, 0.1) is 19.2 Å². The highest BCUT2D eigenvalue weighted by molar-refractivity contribution is 7.51. The fourth-order valence-corrected chi connectivity index (χ4v) is 3.96. The van der Waals surface area contributed by atoms with E-state index in [1.165, 1.54) is 25.1 Å². The Kier molecular flexibility index (Phi) is 11.5. The van der Waals surface area contributed by atoms with Crippen molar-refractivity contribution < 1.29 is 47.3 Å². The van der Waals surface area contributed by atoms with Gasteiger partial charge in [0.1, 0.15) is 5.82 Å². The Morgan fingerprint density at radius 3 is 2.41 bits per heavy atom. The number of benzene rings is 2. The fourth-order valence-electron chi connectivity index (χ4n) is 3.29. The number of carbonyl (C=O) groups is 3. The standard InChI is InChI=1S/C24H28ClFNO9P/c1-3-34-24(30)36-15(2)35-23(29)14-19(27-22(28)10-11-37(31,32)33)12-16-4-6-17(7-5-16)20-13-18(25)8-9-21(20)26/h4-9,13,15,19H,3,10-12,14H2,1-2H3,(H,27,28)(H2,31,32,33)/t15?,19-/m1/s1. The van der Waals surface area contributed by atoms with Crippen LogP contribution in [0.4, 0.5) is 9.18 Å². The van der Waals surface area contributed by atoms with Gasteiger partial charge in [-0.3, -0.25) is 14.2 Å². The van der Waals surface area contributed by atoms with Crippen LogP contribution < -0.4 is 5.32 Å². The molecule has 0 spiro atoms. The molecule has 0 bridgehead atoms. The first kappa shape index (κ1) is 30.2. The Hall–Kier alpha value is -2.98. The summed E-state index contributed by atoms with van der Waals surface area (Å²) in [7, 11) is -4.39. The van der Waals surface area contributed by atoms with E-state index in [1.807, 2.05) is 0 Å². The van der Waals surface area contributed by atoms with Crippen LogP contribution >= 0.6 is 19.2 Å². The van der Waals surface area contributed by atoms with Crippen molar-refractivity contribution in [1.29, 1.82) is 0 Å². The van der Waals surface area contributed by atoms with Crippen molar-refractivity contribution in [1.82, 2.24) is 5.32 Å². The van der Waals surface area contributed by atoms with Crippen LogP contribution in [0.15, 0.2) is 42.5 Å². The first-order chi connectivity index (χ1) is 17.4. The molecule has 2 atom stereocenters. The van der Waals surface area contributed by atoms with E-state index in [2.05, 4.69) is 10.1 Å². The molecule has 0 heterocycles. The quantitative estimate of drug-likeness (QED) is 0.198. The highest BCUT2D eigenvalue weighted by atomic mass is 35.5. The van der Waals surface area contributed by atoms with E-state index in [9.17, 15) is 23.3 Å². The topological polar surface area (TPSA) is 148 Å². The molecule has 0 fully saturated rings. The number of carbonyl (C=O) groups excluding carboxylic acids is 3. The Morgan fingerprint density at radius 2 is 1.78 bits per heavy atom. The fraction of sp³-hybridized carbons (Fsp3) is 0.375. The van der Waals surface area contributed by atoms with Crippen LogP contribution in [0.1, 0.15) is 32.3 Å². The van der Waals surface area contributed by atoms with Gasteiger partial charge in [0.25, 0.3) is 0 Å². The highest BCUT2D eigenvalue weighted by Gasteiger charge is 2.23. The second-order valence-corrected chi connectivity index (χ2v) is 10.2. The minimum absolute atomic E-state index is 0.0744. The summed E-state index contributed by atoms with van der Waals surface area (Å²) in [6.07, 6.45) is -3.55. The molecule has 1 amide bonds. The Labute approximate surface area is 218 Å². The van der Waals surface area contributed by atoms with Crippen LogP contribution in [0.5, 0.6) is 0 Å². The average Bonchev–Trinajstić information content (AvgIpc) is 2.79. The molecule has 0 saturated carbocycles. The number of halogens is 2. The van der Waals surface area contributed by atoms with Crippen LogP contribution in [-0.4, -0.2) is 52.9 Å². The predicted molar refractivity (Wildman–Crippen MR) is 132 cm³/mol. The second kappa shape index (κ2) is 14.1. The zero-order valence-electron chi connectivity index (χ0n) is 20.2. The molecular formula is C24H28ClFNO9P. The SMILES string of the molecule is CCOC(=O)OC(C)OC(=O)C[C@@H](Cc1ccc(-c2cc(Cl)ccc2F)cc1)NC(=O)CCP(=O)(O)O. The van der Waals surface area contributed by atoms with Gasteiger partial charge in [-0.25, -0.2) is 9.18 Å². The van der Waals surface area contributed by atoms with Gasteiger partial charge in [-0.05, 0) is 42.7 Å². The van der Waals surface area contributed by atoms with Crippen molar-refractivity contribution in [2.24, 2.45) is 0 Å². The Bertz CT molecular complexity index is 1140. The van der Waals surface area contributed by atoms with Gasteiger partial charge in [-0.15, -0.1) is 0 Å². The van der Waals surface area contributed by atoms with E-state index in [0.717, 1.165) is 0 Å². The Morgan fingerprint density at radius 1 is 1.11 bits per heavy atom. The van der Waals surface area contributed by atoms with Gasteiger partial charge >= 0.3 is 19.7 Å². The van der Waals surface area contributed by atoms with E-state index in [-0.39, 0.29) is 19.4 Å². The molecular weight excluding hydrogens is 532 g/mol. The lowest BCUT2D eigenvalue weighted by Crippen LogP contribution is -2.39. The third-order valence-electron chi connectivity index (χ3n) is 4.91. The summed E-state index contributed by atoms with van der Waals surface area (Å²) in [6.45, 7) is 2.97. The number of hydrogen-bond acceptors (Lipinski definition) is 7. The van der Waals surface area contributed by atoms with Crippen LogP contribution in [-0.2, 0) is 34.8 Å². The monoisotopic (exact) mass is 559 g/mol. The third kappa shape index (κ3) is 11.3. The average molecular weight is 560 g/mol. The van der Waals surface area contributed by atoms with Crippen LogP contribution in [0.25, 0.3) is 11.1 Å². The minimum Gasteiger partial charge on any atom is -0.435 e. The molecule has 0 aliphatic carbocycles. The maximum Gasteiger partial charge on any atom is 0.511 e. The third-order valence-corrected chi connectivity index (χ3v) is 5.95. The molecule has 3 N–H and O–H groups in total. The molecule has 10 nitrogen and oxygen atoms in total. The van der Waals surface area contributed by atoms with Gasteiger partial charge in [-0.2, -0.15) is 0 Å². The number of hydrogen-bond donors (Lipinski definition) is 3. The molecule has 2 aromatic rings. The van der Waals surface area contributed by atoms with Crippen LogP contribution in [0.3, 0.4) is 0 Å². The predicted octanol–water partition coefficient (Wildman–Crippen LogP) is 4.19. The van der Waals surface area contributed by atoms with Crippen molar-refractivity contribution in [3.63, 3.8) is 0 Å². The maximum atomic E-state index is 14.2. The van der Waals surface area contributed by atoms with Crippen molar-refractivity contribution >= 4 is 37.2 Å². The van der Waals surface area contributed by atoms with Crippen LogP contribution in [0.2, 0.25) is 5.02 Å². The van der Waals surface area contributed by atoms with Crippen molar-refractivity contribution in [3.05, 3.63) is 58.9 Å². The molecule has 0 radical (unpaired) electrons. The second-order valence-electron chi connectivity index (χ2n) is 7.99. The number of ether oxygens (including phenoxy) is 3. The number of amides is 1. The molecule has 0 aliphatic rings.